The van der Waals surface area contributed by atoms with Gasteiger partial charge in [0.1, 0.15) is 5.69 Å². The zero-order chi connectivity index (χ0) is 7.56. The van der Waals surface area contributed by atoms with Crippen LogP contribution < -0.4 is 17.0 Å². The van der Waals surface area contributed by atoms with E-state index < -0.39 is 5.91 Å². The number of amides is 1. The Morgan fingerprint density at radius 3 is 2.90 bits per heavy atom. The number of nitrogen functional groups attached to an aromatic ring is 2. The highest BCUT2D eigenvalue weighted by atomic mass is 16.2. The van der Waals surface area contributed by atoms with Gasteiger partial charge in [0.2, 0.25) is 0 Å². The van der Waals surface area contributed by atoms with Crippen LogP contribution in [0.3, 0.4) is 0 Å². The number of anilines is 1. The molecule has 54 valence electrons. The van der Waals surface area contributed by atoms with Crippen LogP contribution >= 0.6 is 0 Å². The molecule has 0 aliphatic rings. The summed E-state index contributed by atoms with van der Waals surface area (Å²) in [5, 5.41) is 5.91. The topological polar surface area (TPSA) is 110 Å². The van der Waals surface area contributed by atoms with Crippen LogP contribution in [0.5, 0.6) is 0 Å². The summed E-state index contributed by atoms with van der Waals surface area (Å²) in [5.41, 5.74) is 7.69. The van der Waals surface area contributed by atoms with Gasteiger partial charge < -0.3 is 5.73 Å². The molecule has 6 heteroatoms. The zero-order valence-electron chi connectivity index (χ0n) is 5.09. The molecule has 0 saturated carbocycles. The molecule has 6 N–H and O–H groups in total. The lowest BCUT2D eigenvalue weighted by molar-refractivity contribution is 0.0949. The zero-order valence-corrected chi connectivity index (χ0v) is 5.09. The van der Waals surface area contributed by atoms with Crippen molar-refractivity contribution in [2.24, 2.45) is 5.84 Å². The Labute approximate surface area is 56.6 Å². The molecule has 0 atom stereocenters. The number of H-pyrrole nitrogens is 1. The maximum Gasteiger partial charge on any atom is 0.285 e. The molecule has 1 heterocycles. The Balaban J connectivity index is 2.93. The fraction of sp³-hybridized carbons (Fsp3) is 0. The van der Waals surface area contributed by atoms with E-state index in [1.807, 2.05) is 5.43 Å². The molecule has 1 aromatic heterocycles. The first kappa shape index (κ1) is 6.56. The molecule has 0 aliphatic heterocycles. The van der Waals surface area contributed by atoms with Gasteiger partial charge in [0.05, 0.1) is 11.9 Å². The minimum atomic E-state index is -0.477. The molecule has 1 rings (SSSR count). The number of hydrogen-bond acceptors (Lipinski definition) is 4. The number of carbonyl (C=O) groups excluding carboxylic acids is 1. The summed E-state index contributed by atoms with van der Waals surface area (Å²) in [7, 11) is 0. The van der Waals surface area contributed by atoms with Crippen molar-refractivity contribution >= 4 is 11.6 Å². The number of aromatic amines is 1. The van der Waals surface area contributed by atoms with Crippen molar-refractivity contribution in [2.45, 2.75) is 0 Å². The van der Waals surface area contributed by atoms with E-state index in [0.717, 1.165) is 0 Å². The van der Waals surface area contributed by atoms with Gasteiger partial charge in [-0.1, -0.05) is 0 Å². The average molecular weight is 141 g/mol. The SMILES string of the molecule is NNC(=O)c1[nH]ncc1N. The standard InChI is InChI=1S/C4H7N5O/c5-2-1-7-9-3(2)4(10)8-6/h1H,5-6H2,(H,7,9)(H,8,10). The lowest BCUT2D eigenvalue weighted by Gasteiger charge is -1.94. The Morgan fingerprint density at radius 1 is 1.80 bits per heavy atom. The van der Waals surface area contributed by atoms with Crippen LogP contribution in [-0.4, -0.2) is 16.1 Å². The summed E-state index contributed by atoms with van der Waals surface area (Å²) in [6.45, 7) is 0. The number of nitrogens with one attached hydrogen (secondary N) is 2. The molecule has 0 radical (unpaired) electrons. The minimum Gasteiger partial charge on any atom is -0.396 e. The van der Waals surface area contributed by atoms with Gasteiger partial charge in [0.15, 0.2) is 0 Å². The highest BCUT2D eigenvalue weighted by Crippen LogP contribution is 2.03. The van der Waals surface area contributed by atoms with Crippen molar-refractivity contribution in [3.63, 3.8) is 0 Å². The molecule has 0 saturated heterocycles. The molecule has 0 fully saturated rings. The second-order valence-electron chi connectivity index (χ2n) is 1.67. The summed E-state index contributed by atoms with van der Waals surface area (Å²) in [5.74, 6) is 4.35. The summed E-state index contributed by atoms with van der Waals surface area (Å²) in [6, 6.07) is 0. The van der Waals surface area contributed by atoms with Crippen LogP contribution in [0.15, 0.2) is 6.20 Å². The third-order valence-electron chi connectivity index (χ3n) is 1.03. The normalized spacial score (nSPS) is 9.30. The van der Waals surface area contributed by atoms with Gasteiger partial charge in [0, 0.05) is 0 Å². The van der Waals surface area contributed by atoms with Crippen molar-refractivity contribution in [1.29, 1.82) is 0 Å². The third kappa shape index (κ3) is 0.914. The van der Waals surface area contributed by atoms with Crippen LogP contribution in [0, 0.1) is 0 Å². The molecule has 0 aromatic carbocycles. The Kier molecular flexibility index (Phi) is 1.55. The number of nitrogens with two attached hydrogens (primary N) is 2. The first-order valence-corrected chi connectivity index (χ1v) is 2.55. The number of rotatable bonds is 1. The van der Waals surface area contributed by atoms with Gasteiger partial charge in [0.25, 0.3) is 5.91 Å². The van der Waals surface area contributed by atoms with Gasteiger partial charge in [-0.25, -0.2) is 5.84 Å². The molecule has 10 heavy (non-hydrogen) atoms. The predicted octanol–water partition coefficient (Wildman–Crippen LogP) is -1.40. The summed E-state index contributed by atoms with van der Waals surface area (Å²) in [4.78, 5) is 10.7. The second-order valence-corrected chi connectivity index (χ2v) is 1.67. The molecule has 0 unspecified atom stereocenters. The first-order chi connectivity index (χ1) is 4.75. The molecule has 1 amide bonds. The number of nitrogens with zero attached hydrogens (tertiary/aromatic N) is 1. The summed E-state index contributed by atoms with van der Waals surface area (Å²) >= 11 is 0. The van der Waals surface area contributed by atoms with Crippen LogP contribution in [0.25, 0.3) is 0 Å². The quantitative estimate of drug-likeness (QED) is 0.219. The van der Waals surface area contributed by atoms with Crippen molar-refractivity contribution in [3.8, 4) is 0 Å². The van der Waals surface area contributed by atoms with E-state index >= 15 is 0 Å². The third-order valence-corrected chi connectivity index (χ3v) is 1.03. The van der Waals surface area contributed by atoms with Crippen molar-refractivity contribution in [2.75, 3.05) is 5.73 Å². The maximum atomic E-state index is 10.7. The van der Waals surface area contributed by atoms with E-state index in [9.17, 15) is 4.79 Å². The van der Waals surface area contributed by atoms with E-state index in [2.05, 4.69) is 10.2 Å². The number of aromatic nitrogens is 2. The highest BCUT2D eigenvalue weighted by Gasteiger charge is 2.08. The maximum absolute atomic E-state index is 10.7. The predicted molar refractivity (Wildman–Crippen MR) is 34.7 cm³/mol. The second kappa shape index (κ2) is 2.36. The number of carbonyl (C=O) groups is 1. The van der Waals surface area contributed by atoms with Gasteiger partial charge in [-0.15, -0.1) is 0 Å². The number of hydrogen-bond donors (Lipinski definition) is 4. The highest BCUT2D eigenvalue weighted by molar-refractivity contribution is 5.96. The lowest BCUT2D eigenvalue weighted by Crippen LogP contribution is -2.30. The fourth-order valence-electron chi connectivity index (χ4n) is 0.550. The van der Waals surface area contributed by atoms with E-state index in [1.165, 1.54) is 6.20 Å². The smallest absolute Gasteiger partial charge is 0.285 e. The van der Waals surface area contributed by atoms with E-state index in [-0.39, 0.29) is 11.4 Å². The van der Waals surface area contributed by atoms with Crippen LogP contribution in [0.2, 0.25) is 0 Å². The largest absolute Gasteiger partial charge is 0.396 e. The van der Waals surface area contributed by atoms with Crippen LogP contribution in [0.1, 0.15) is 10.5 Å². The Morgan fingerprint density at radius 2 is 2.50 bits per heavy atom. The van der Waals surface area contributed by atoms with Crippen molar-refractivity contribution in [1.82, 2.24) is 15.6 Å². The summed E-state index contributed by atoms with van der Waals surface area (Å²) in [6.07, 6.45) is 1.34. The molecule has 1 aromatic rings. The van der Waals surface area contributed by atoms with E-state index in [1.54, 1.807) is 0 Å². The van der Waals surface area contributed by atoms with Crippen molar-refractivity contribution in [3.05, 3.63) is 11.9 Å². The number of hydrazine groups is 1. The first-order valence-electron chi connectivity index (χ1n) is 2.55. The molecular formula is C4H7N5O. The van der Waals surface area contributed by atoms with Crippen LogP contribution in [-0.2, 0) is 0 Å². The Hall–Kier alpha value is -1.56. The summed E-state index contributed by atoms with van der Waals surface area (Å²) < 4.78 is 0. The monoisotopic (exact) mass is 141 g/mol. The lowest BCUT2D eigenvalue weighted by atomic mass is 10.4. The van der Waals surface area contributed by atoms with Crippen LogP contribution in [0.4, 0.5) is 5.69 Å². The average Bonchev–Trinajstić information content (AvgIpc) is 2.34. The van der Waals surface area contributed by atoms with E-state index in [0.29, 0.717) is 0 Å². The van der Waals surface area contributed by atoms with E-state index in [4.69, 9.17) is 11.6 Å². The Bertz CT molecular complexity index is 242. The minimum absolute atomic E-state index is 0.183. The molecule has 0 aliphatic carbocycles. The fourth-order valence-corrected chi connectivity index (χ4v) is 0.550. The van der Waals surface area contributed by atoms with Gasteiger partial charge in [-0.2, -0.15) is 5.10 Å². The molecule has 0 bridgehead atoms. The molecule has 6 nitrogen and oxygen atoms in total. The van der Waals surface area contributed by atoms with Crippen molar-refractivity contribution < 1.29 is 4.79 Å². The molecule has 0 spiro atoms. The molecular weight excluding hydrogens is 134 g/mol. The van der Waals surface area contributed by atoms with Gasteiger partial charge in [-0.05, 0) is 0 Å². The van der Waals surface area contributed by atoms with Gasteiger partial charge >= 0.3 is 0 Å². The van der Waals surface area contributed by atoms with Gasteiger partial charge in [-0.3, -0.25) is 15.3 Å².